The highest BCUT2D eigenvalue weighted by molar-refractivity contribution is 5.85. The van der Waals surface area contributed by atoms with E-state index in [1.54, 1.807) is 0 Å². The summed E-state index contributed by atoms with van der Waals surface area (Å²) < 4.78 is 0. The van der Waals surface area contributed by atoms with Crippen LogP contribution >= 0.6 is 0 Å². The summed E-state index contributed by atoms with van der Waals surface area (Å²) in [5.41, 5.74) is -0.721. The largest absolute Gasteiger partial charge is 0.478 e. The van der Waals surface area contributed by atoms with Crippen LogP contribution in [0.25, 0.3) is 0 Å². The number of carbonyl (C=O) groups is 2. The van der Waals surface area contributed by atoms with Gasteiger partial charge in [-0.15, -0.1) is 0 Å². The molecule has 84 valence electrons. The van der Waals surface area contributed by atoms with Gasteiger partial charge < -0.3 is 20.6 Å². The van der Waals surface area contributed by atoms with Gasteiger partial charge in [-0.3, -0.25) is 4.79 Å². The van der Waals surface area contributed by atoms with Crippen LogP contribution in [0.3, 0.4) is 0 Å². The van der Waals surface area contributed by atoms with Gasteiger partial charge in [0.2, 0.25) is 0 Å². The van der Waals surface area contributed by atoms with E-state index in [0.717, 1.165) is 12.3 Å². The van der Waals surface area contributed by atoms with Crippen molar-refractivity contribution in [1.82, 2.24) is 5.32 Å². The Balaban J connectivity index is 2.44. The molecule has 1 amide bonds. The molecular formula is C9H13NO5. The molecule has 1 atom stereocenters. The van der Waals surface area contributed by atoms with E-state index in [9.17, 15) is 14.7 Å². The van der Waals surface area contributed by atoms with Crippen molar-refractivity contribution >= 4 is 11.9 Å². The molecular weight excluding hydrogens is 202 g/mol. The predicted molar refractivity (Wildman–Crippen MR) is 49.7 cm³/mol. The molecule has 0 spiro atoms. The van der Waals surface area contributed by atoms with Crippen LogP contribution in [0.2, 0.25) is 0 Å². The van der Waals surface area contributed by atoms with Gasteiger partial charge in [-0.2, -0.15) is 0 Å². The third kappa shape index (κ3) is 2.77. The Morgan fingerprint density at radius 2 is 2.07 bits per heavy atom. The normalized spacial score (nSPS) is 19.9. The smallest absolute Gasteiger partial charge is 0.329 e. The van der Waals surface area contributed by atoms with E-state index in [1.165, 1.54) is 0 Å². The summed E-state index contributed by atoms with van der Waals surface area (Å²) in [6.07, 6.45) is 1.60. The molecule has 6 nitrogen and oxygen atoms in total. The van der Waals surface area contributed by atoms with Crippen molar-refractivity contribution in [2.45, 2.75) is 18.9 Å². The van der Waals surface area contributed by atoms with Crippen molar-refractivity contribution < 1.29 is 24.9 Å². The lowest BCUT2D eigenvalue weighted by molar-refractivity contribution is -0.133. The molecule has 4 N–H and O–H groups in total. The van der Waals surface area contributed by atoms with Crippen molar-refractivity contribution in [2.75, 3.05) is 6.61 Å². The van der Waals surface area contributed by atoms with Gasteiger partial charge in [0.25, 0.3) is 5.91 Å². The highest BCUT2D eigenvalue weighted by atomic mass is 16.4. The lowest BCUT2D eigenvalue weighted by Crippen LogP contribution is -2.39. The van der Waals surface area contributed by atoms with Crippen molar-refractivity contribution in [1.29, 1.82) is 0 Å². The number of hydrogen-bond acceptors (Lipinski definition) is 4. The summed E-state index contributed by atoms with van der Waals surface area (Å²) in [5, 5.41) is 28.8. The molecule has 0 radical (unpaired) electrons. The minimum absolute atomic E-state index is 0.246. The number of hydrogen-bond donors (Lipinski definition) is 4. The average molecular weight is 215 g/mol. The van der Waals surface area contributed by atoms with Gasteiger partial charge in [-0.05, 0) is 12.8 Å². The van der Waals surface area contributed by atoms with Crippen LogP contribution in [-0.4, -0.2) is 39.9 Å². The standard InChI is InChI=1S/C9H13NO5/c11-5-9(2-3-9)7(14)8(15)10-4-1-6(12)13/h1,4,7,11,14H,2-3,5H2,(H,10,15)(H,12,13)/b4-1-/t7-/m1/s1. The second kappa shape index (κ2) is 4.41. The monoisotopic (exact) mass is 215 g/mol. The first-order chi connectivity index (χ1) is 7.02. The lowest BCUT2D eigenvalue weighted by atomic mass is 10.00. The maximum absolute atomic E-state index is 11.3. The number of nitrogens with one attached hydrogen (secondary N) is 1. The molecule has 0 aliphatic heterocycles. The summed E-state index contributed by atoms with van der Waals surface area (Å²) in [7, 11) is 0. The Hall–Kier alpha value is -1.40. The van der Waals surface area contributed by atoms with E-state index >= 15 is 0 Å². The Morgan fingerprint density at radius 3 is 2.47 bits per heavy atom. The van der Waals surface area contributed by atoms with Crippen molar-refractivity contribution in [3.63, 3.8) is 0 Å². The third-order valence-corrected chi connectivity index (χ3v) is 2.49. The third-order valence-electron chi connectivity index (χ3n) is 2.49. The van der Waals surface area contributed by atoms with Gasteiger partial charge in [-0.1, -0.05) is 0 Å². The van der Waals surface area contributed by atoms with Crippen LogP contribution in [-0.2, 0) is 9.59 Å². The second-order valence-corrected chi connectivity index (χ2v) is 3.60. The van der Waals surface area contributed by atoms with E-state index in [1.807, 2.05) is 0 Å². The minimum atomic E-state index is -1.29. The molecule has 0 aromatic heterocycles. The van der Waals surface area contributed by atoms with Gasteiger partial charge in [0.15, 0.2) is 0 Å². The van der Waals surface area contributed by atoms with Crippen LogP contribution in [0.4, 0.5) is 0 Å². The number of aliphatic hydroxyl groups excluding tert-OH is 2. The summed E-state index contributed by atoms with van der Waals surface area (Å²) in [5.74, 6) is -1.88. The number of amides is 1. The highest BCUT2D eigenvalue weighted by Crippen LogP contribution is 2.48. The van der Waals surface area contributed by atoms with Gasteiger partial charge >= 0.3 is 5.97 Å². The highest BCUT2D eigenvalue weighted by Gasteiger charge is 2.51. The lowest BCUT2D eigenvalue weighted by Gasteiger charge is -2.17. The van der Waals surface area contributed by atoms with Gasteiger partial charge in [0.05, 0.1) is 6.61 Å². The molecule has 1 rings (SSSR count). The molecule has 1 aliphatic carbocycles. The van der Waals surface area contributed by atoms with Crippen LogP contribution in [0.5, 0.6) is 0 Å². The van der Waals surface area contributed by atoms with Gasteiger partial charge in [0.1, 0.15) is 6.10 Å². The SMILES string of the molecule is O=C(O)/C=C\NC(=O)[C@@H](O)C1(CO)CC1. The molecule has 15 heavy (non-hydrogen) atoms. The van der Waals surface area contributed by atoms with Crippen molar-refractivity contribution in [3.8, 4) is 0 Å². The molecule has 0 aromatic rings. The number of aliphatic carboxylic acids is 1. The van der Waals surface area contributed by atoms with Crippen molar-refractivity contribution in [3.05, 3.63) is 12.3 Å². The molecule has 0 heterocycles. The molecule has 6 heteroatoms. The van der Waals surface area contributed by atoms with Crippen molar-refractivity contribution in [2.24, 2.45) is 5.41 Å². The fourth-order valence-corrected chi connectivity index (χ4v) is 1.23. The van der Waals surface area contributed by atoms with Crippen LogP contribution in [0.1, 0.15) is 12.8 Å². The second-order valence-electron chi connectivity index (χ2n) is 3.60. The zero-order valence-electron chi connectivity index (χ0n) is 8.01. The van der Waals surface area contributed by atoms with E-state index in [2.05, 4.69) is 5.32 Å². The molecule has 0 aromatic carbocycles. The maximum atomic E-state index is 11.3. The minimum Gasteiger partial charge on any atom is -0.478 e. The van der Waals surface area contributed by atoms with Crippen LogP contribution in [0, 0.1) is 5.41 Å². The average Bonchev–Trinajstić information content (AvgIpc) is 2.96. The number of carbonyl (C=O) groups excluding carboxylic acids is 1. The molecule has 1 fully saturated rings. The summed E-state index contributed by atoms with van der Waals surface area (Å²) >= 11 is 0. The van der Waals surface area contributed by atoms with E-state index in [-0.39, 0.29) is 6.61 Å². The first-order valence-corrected chi connectivity index (χ1v) is 4.50. The molecule has 1 aliphatic rings. The zero-order valence-corrected chi connectivity index (χ0v) is 8.01. The number of carboxylic acid groups (broad SMARTS) is 1. The molecule has 0 bridgehead atoms. The summed E-state index contributed by atoms with van der Waals surface area (Å²) in [6, 6.07) is 0. The number of rotatable bonds is 5. The van der Waals surface area contributed by atoms with Crippen LogP contribution in [0.15, 0.2) is 12.3 Å². The first kappa shape index (κ1) is 11.7. The van der Waals surface area contributed by atoms with E-state index in [0.29, 0.717) is 12.8 Å². The first-order valence-electron chi connectivity index (χ1n) is 4.50. The fraction of sp³-hybridized carbons (Fsp3) is 0.556. The quantitative estimate of drug-likeness (QED) is 0.432. The molecule has 1 saturated carbocycles. The Bertz CT molecular complexity index is 295. The molecule has 0 unspecified atom stereocenters. The zero-order chi connectivity index (χ0) is 11.5. The Morgan fingerprint density at radius 1 is 1.47 bits per heavy atom. The Labute approximate surface area is 86.2 Å². The summed E-state index contributed by atoms with van der Waals surface area (Å²) in [4.78, 5) is 21.3. The maximum Gasteiger partial charge on any atom is 0.329 e. The predicted octanol–water partition coefficient (Wildman–Crippen LogP) is -1.17. The van der Waals surface area contributed by atoms with Gasteiger partial charge in [-0.25, -0.2) is 4.79 Å². The number of carboxylic acids is 1. The Kier molecular flexibility index (Phi) is 3.43. The van der Waals surface area contributed by atoms with Gasteiger partial charge in [0, 0.05) is 17.7 Å². The summed E-state index contributed by atoms with van der Waals surface area (Å²) in [6.45, 7) is -0.246. The fourth-order valence-electron chi connectivity index (χ4n) is 1.23. The van der Waals surface area contributed by atoms with E-state index < -0.39 is 23.4 Å². The van der Waals surface area contributed by atoms with E-state index in [4.69, 9.17) is 10.2 Å². The topological polar surface area (TPSA) is 107 Å². The van der Waals surface area contributed by atoms with Crippen LogP contribution < -0.4 is 5.32 Å². The number of aliphatic hydroxyl groups is 2. The molecule has 0 saturated heterocycles.